The van der Waals surface area contributed by atoms with Crippen molar-refractivity contribution in [2.45, 2.75) is 39.7 Å². The van der Waals surface area contributed by atoms with Crippen LogP contribution in [0.1, 0.15) is 31.2 Å². The van der Waals surface area contributed by atoms with Crippen LogP contribution < -0.4 is 5.32 Å². The van der Waals surface area contributed by atoms with Crippen molar-refractivity contribution in [1.82, 2.24) is 19.4 Å². The molecule has 34 heavy (non-hydrogen) atoms. The van der Waals surface area contributed by atoms with Crippen molar-refractivity contribution in [2.24, 2.45) is 0 Å². The van der Waals surface area contributed by atoms with Crippen LogP contribution in [-0.4, -0.2) is 58.3 Å². The lowest BCUT2D eigenvalue weighted by Crippen LogP contribution is -2.38. The fraction of sp³-hybridized carbons (Fsp3) is 0.407. The smallest absolute Gasteiger partial charge is 0.151 e. The van der Waals surface area contributed by atoms with Crippen molar-refractivity contribution in [2.75, 3.05) is 38.2 Å². The molecule has 0 amide bonds. The monoisotopic (exact) mass is 477 g/mol. The molecule has 4 aromatic rings. The number of ether oxygens (including phenoxy) is 1. The summed E-state index contributed by atoms with van der Waals surface area (Å²) in [5, 5.41) is 6.66. The van der Waals surface area contributed by atoms with E-state index in [9.17, 15) is 0 Å². The third-order valence-corrected chi connectivity index (χ3v) is 7.01. The van der Waals surface area contributed by atoms with Crippen LogP contribution in [0, 0.1) is 13.8 Å². The molecule has 5 rings (SSSR count). The molecule has 1 N–H and O–H groups in total. The summed E-state index contributed by atoms with van der Waals surface area (Å²) >= 11 is 6.73. The summed E-state index contributed by atoms with van der Waals surface area (Å²) in [5.41, 5.74) is 4.02. The maximum atomic E-state index is 6.73. The van der Waals surface area contributed by atoms with E-state index in [-0.39, 0.29) is 0 Å². The molecule has 0 radical (unpaired) electrons. The molecule has 2 aromatic carbocycles. The van der Waals surface area contributed by atoms with Crippen molar-refractivity contribution < 1.29 is 4.74 Å². The van der Waals surface area contributed by atoms with Crippen molar-refractivity contribution in [1.29, 1.82) is 0 Å². The van der Waals surface area contributed by atoms with E-state index in [1.54, 1.807) is 0 Å². The fourth-order valence-corrected chi connectivity index (χ4v) is 5.16. The predicted molar refractivity (Wildman–Crippen MR) is 140 cm³/mol. The zero-order valence-electron chi connectivity index (χ0n) is 20.1. The molecule has 7 heteroatoms. The minimum absolute atomic E-state index is 0.324. The molecule has 6 nitrogen and oxygen atoms in total. The number of nitrogens with zero attached hydrogens (tertiary/aromatic N) is 4. The largest absolute Gasteiger partial charge is 0.379 e. The summed E-state index contributed by atoms with van der Waals surface area (Å²) in [6, 6.07) is 14.9. The van der Waals surface area contributed by atoms with Gasteiger partial charge < -0.3 is 10.1 Å². The average molecular weight is 478 g/mol. The fourth-order valence-electron chi connectivity index (χ4n) is 4.84. The van der Waals surface area contributed by atoms with Crippen LogP contribution >= 0.6 is 11.6 Å². The molecular weight excluding hydrogens is 446 g/mol. The number of aromatic nitrogens is 3. The van der Waals surface area contributed by atoms with E-state index in [0.717, 1.165) is 90.5 Å². The molecule has 1 atom stereocenters. The van der Waals surface area contributed by atoms with Gasteiger partial charge in [0, 0.05) is 31.1 Å². The van der Waals surface area contributed by atoms with Gasteiger partial charge in [0.2, 0.25) is 0 Å². The normalized spacial score (nSPS) is 15.8. The van der Waals surface area contributed by atoms with E-state index in [1.165, 1.54) is 0 Å². The summed E-state index contributed by atoms with van der Waals surface area (Å²) in [6.45, 7) is 11.0. The molecule has 178 valence electrons. The lowest BCUT2D eigenvalue weighted by atomic mass is 10.1. The van der Waals surface area contributed by atoms with E-state index in [2.05, 4.69) is 65.0 Å². The number of hydrogen-bond acceptors (Lipinski definition) is 5. The number of halogens is 1. The molecule has 1 aliphatic heterocycles. The average Bonchev–Trinajstić information content (AvgIpc) is 3.16. The molecule has 1 fully saturated rings. The first-order valence-corrected chi connectivity index (χ1v) is 12.5. The van der Waals surface area contributed by atoms with E-state index in [0.29, 0.717) is 11.1 Å². The second-order valence-electron chi connectivity index (χ2n) is 9.12. The first-order valence-electron chi connectivity index (χ1n) is 12.2. The maximum Gasteiger partial charge on any atom is 0.151 e. The van der Waals surface area contributed by atoms with Gasteiger partial charge in [-0.1, -0.05) is 42.8 Å². The lowest BCUT2D eigenvalue weighted by molar-refractivity contribution is 0.0368. The third-order valence-electron chi connectivity index (χ3n) is 6.70. The number of nitrogens with one attached hydrogen (secondary N) is 1. The molecular formula is C27H32ClN5O. The zero-order valence-corrected chi connectivity index (χ0v) is 20.9. The number of aryl methyl sites for hydroxylation is 2. The zero-order chi connectivity index (χ0) is 23.7. The first kappa shape index (κ1) is 23.1. The van der Waals surface area contributed by atoms with E-state index < -0.39 is 0 Å². The van der Waals surface area contributed by atoms with Crippen LogP contribution in [-0.2, 0) is 4.74 Å². The van der Waals surface area contributed by atoms with Gasteiger partial charge in [0.1, 0.15) is 11.6 Å². The van der Waals surface area contributed by atoms with E-state index in [4.69, 9.17) is 26.3 Å². The van der Waals surface area contributed by atoms with Gasteiger partial charge in [0.25, 0.3) is 0 Å². The maximum absolute atomic E-state index is 6.73. The van der Waals surface area contributed by atoms with Crippen LogP contribution in [0.3, 0.4) is 0 Å². The Balaban J connectivity index is 1.58. The minimum Gasteiger partial charge on any atom is -0.379 e. The molecule has 0 aliphatic carbocycles. The van der Waals surface area contributed by atoms with Crippen LogP contribution in [0.4, 0.5) is 5.82 Å². The van der Waals surface area contributed by atoms with Gasteiger partial charge in [0.15, 0.2) is 5.65 Å². The Morgan fingerprint density at radius 3 is 2.65 bits per heavy atom. The second kappa shape index (κ2) is 9.90. The van der Waals surface area contributed by atoms with Gasteiger partial charge in [0.05, 0.1) is 34.8 Å². The Hall–Kier alpha value is -2.67. The number of benzene rings is 2. The van der Waals surface area contributed by atoms with Crippen LogP contribution in [0.5, 0.6) is 0 Å². The Labute approximate surface area is 205 Å². The molecule has 0 bridgehead atoms. The van der Waals surface area contributed by atoms with Crippen molar-refractivity contribution in [3.8, 4) is 5.69 Å². The number of anilines is 1. The molecule has 3 heterocycles. The number of hydrogen-bond donors (Lipinski definition) is 1. The highest BCUT2D eigenvalue weighted by atomic mass is 35.5. The van der Waals surface area contributed by atoms with Gasteiger partial charge in [-0.25, -0.2) is 9.97 Å². The molecule has 1 saturated heterocycles. The quantitative estimate of drug-likeness (QED) is 0.367. The predicted octanol–water partition coefficient (Wildman–Crippen LogP) is 5.76. The molecule has 1 unspecified atom stereocenters. The second-order valence-corrected chi connectivity index (χ2v) is 9.52. The summed E-state index contributed by atoms with van der Waals surface area (Å²) in [4.78, 5) is 12.3. The first-order chi connectivity index (χ1) is 16.5. The minimum atomic E-state index is 0.324. The highest BCUT2D eigenvalue weighted by Crippen LogP contribution is 2.37. The Kier molecular flexibility index (Phi) is 6.73. The number of fused-ring (bicyclic) bond motifs is 3. The number of para-hydroxylation sites is 1. The van der Waals surface area contributed by atoms with Gasteiger partial charge >= 0.3 is 0 Å². The van der Waals surface area contributed by atoms with Crippen molar-refractivity contribution >= 4 is 39.4 Å². The van der Waals surface area contributed by atoms with Crippen LogP contribution in [0.2, 0.25) is 5.02 Å². The summed E-state index contributed by atoms with van der Waals surface area (Å²) in [7, 11) is 0. The SMILES string of the molecule is CCC(CCN1CCOCC1)Nc1nc(C)nc2c1c1ccccc1n2-c1ccc(C)cc1Cl. The summed E-state index contributed by atoms with van der Waals surface area (Å²) in [6.07, 6.45) is 2.08. The molecule has 0 spiro atoms. The van der Waals surface area contributed by atoms with Crippen molar-refractivity contribution in [3.05, 3.63) is 58.9 Å². The summed E-state index contributed by atoms with van der Waals surface area (Å²) < 4.78 is 7.67. The number of rotatable bonds is 7. The van der Waals surface area contributed by atoms with E-state index in [1.807, 2.05) is 13.0 Å². The van der Waals surface area contributed by atoms with Gasteiger partial charge in [-0.2, -0.15) is 0 Å². The Bertz CT molecular complexity index is 1310. The summed E-state index contributed by atoms with van der Waals surface area (Å²) in [5.74, 6) is 1.64. The van der Waals surface area contributed by atoms with E-state index >= 15 is 0 Å². The highest BCUT2D eigenvalue weighted by molar-refractivity contribution is 6.32. The molecule has 1 aliphatic rings. The topological polar surface area (TPSA) is 55.2 Å². The Morgan fingerprint density at radius 1 is 1.09 bits per heavy atom. The lowest BCUT2D eigenvalue weighted by Gasteiger charge is -2.28. The van der Waals surface area contributed by atoms with Gasteiger partial charge in [-0.3, -0.25) is 9.47 Å². The van der Waals surface area contributed by atoms with Gasteiger partial charge in [-0.15, -0.1) is 0 Å². The van der Waals surface area contributed by atoms with Crippen LogP contribution in [0.25, 0.3) is 27.6 Å². The third kappa shape index (κ3) is 4.50. The van der Waals surface area contributed by atoms with Crippen LogP contribution in [0.15, 0.2) is 42.5 Å². The van der Waals surface area contributed by atoms with Crippen molar-refractivity contribution in [3.63, 3.8) is 0 Å². The van der Waals surface area contributed by atoms with Gasteiger partial charge in [-0.05, 0) is 50.5 Å². The standard InChI is InChI=1S/C27H32ClN5O/c1-4-20(11-12-32-13-15-34-16-14-32)31-26-25-21-7-5-6-8-23(21)33(27(25)30-19(3)29-26)24-10-9-18(2)17-22(24)28/h5-10,17,20H,4,11-16H2,1-3H3,(H,29,30,31). The number of morpholine rings is 1. The highest BCUT2D eigenvalue weighted by Gasteiger charge is 2.21. The molecule has 0 saturated carbocycles. The molecule has 2 aromatic heterocycles. The Morgan fingerprint density at radius 2 is 1.88 bits per heavy atom.